The summed E-state index contributed by atoms with van der Waals surface area (Å²) in [6.45, 7) is 7.02. The Bertz CT molecular complexity index is 443. The Morgan fingerprint density at radius 1 is 1.19 bits per heavy atom. The molecule has 118 valence electrons. The van der Waals surface area contributed by atoms with E-state index in [9.17, 15) is 4.39 Å². The molecular formula is C17H28FN3. The monoisotopic (exact) mass is 293 g/mol. The van der Waals surface area contributed by atoms with E-state index in [0.717, 1.165) is 52.0 Å². The Balaban J connectivity index is 2.15. The van der Waals surface area contributed by atoms with E-state index < -0.39 is 5.54 Å². The lowest BCUT2D eigenvalue weighted by molar-refractivity contribution is 0.121. The van der Waals surface area contributed by atoms with Crippen LogP contribution in [0.1, 0.15) is 31.7 Å². The maximum Gasteiger partial charge on any atom is 0.128 e. The van der Waals surface area contributed by atoms with Crippen molar-refractivity contribution in [3.8, 4) is 0 Å². The van der Waals surface area contributed by atoms with Crippen molar-refractivity contribution >= 4 is 0 Å². The second-order valence-electron chi connectivity index (χ2n) is 6.32. The van der Waals surface area contributed by atoms with Gasteiger partial charge in [-0.3, -0.25) is 4.90 Å². The van der Waals surface area contributed by atoms with Gasteiger partial charge in [0, 0.05) is 38.3 Å². The molecule has 0 amide bonds. The maximum absolute atomic E-state index is 14.2. The molecule has 2 N–H and O–H groups in total. The van der Waals surface area contributed by atoms with E-state index in [1.54, 1.807) is 6.07 Å². The molecule has 1 heterocycles. The average Bonchev–Trinajstić information content (AvgIpc) is 2.48. The molecule has 0 bridgehead atoms. The van der Waals surface area contributed by atoms with Crippen molar-refractivity contribution in [2.24, 2.45) is 5.73 Å². The number of benzene rings is 1. The lowest BCUT2D eigenvalue weighted by Crippen LogP contribution is -2.53. The van der Waals surface area contributed by atoms with Crippen molar-refractivity contribution in [1.29, 1.82) is 0 Å². The number of nitrogens with zero attached hydrogens (tertiary/aromatic N) is 2. The predicted molar refractivity (Wildman–Crippen MR) is 85.7 cm³/mol. The molecule has 1 unspecified atom stereocenters. The van der Waals surface area contributed by atoms with Crippen molar-refractivity contribution in [1.82, 2.24) is 9.80 Å². The van der Waals surface area contributed by atoms with Crippen molar-refractivity contribution in [2.75, 3.05) is 39.8 Å². The van der Waals surface area contributed by atoms with Gasteiger partial charge in [0.15, 0.2) is 0 Å². The van der Waals surface area contributed by atoms with E-state index in [1.165, 1.54) is 6.07 Å². The first-order chi connectivity index (χ1) is 10.0. The molecule has 0 saturated carbocycles. The zero-order valence-electron chi connectivity index (χ0n) is 13.3. The summed E-state index contributed by atoms with van der Waals surface area (Å²) in [5, 5.41) is 0. The molecule has 0 radical (unpaired) electrons. The van der Waals surface area contributed by atoms with Crippen LogP contribution >= 0.6 is 0 Å². The molecule has 1 aromatic carbocycles. The lowest BCUT2D eigenvalue weighted by Gasteiger charge is -2.39. The Morgan fingerprint density at radius 2 is 1.86 bits per heavy atom. The first-order valence-corrected chi connectivity index (χ1v) is 8.00. The number of unbranched alkanes of at least 4 members (excludes halogenated alkanes) is 1. The van der Waals surface area contributed by atoms with Gasteiger partial charge in [0.05, 0.1) is 5.54 Å². The standard InChI is InChI=1S/C17H28FN3/c1-3-4-9-17(19,15-7-5-6-8-16(15)18)14-21-12-10-20(2)11-13-21/h5-8H,3-4,9-14,19H2,1-2H3. The van der Waals surface area contributed by atoms with Crippen LogP contribution in [0.4, 0.5) is 4.39 Å². The van der Waals surface area contributed by atoms with Crippen molar-refractivity contribution in [2.45, 2.75) is 31.7 Å². The van der Waals surface area contributed by atoms with Crippen LogP contribution in [0.5, 0.6) is 0 Å². The molecule has 4 heteroatoms. The summed E-state index contributed by atoms with van der Waals surface area (Å²) < 4.78 is 14.2. The Morgan fingerprint density at radius 3 is 2.48 bits per heavy atom. The number of hydrogen-bond donors (Lipinski definition) is 1. The summed E-state index contributed by atoms with van der Waals surface area (Å²) in [6.07, 6.45) is 2.94. The molecule has 21 heavy (non-hydrogen) atoms. The number of hydrogen-bond acceptors (Lipinski definition) is 3. The van der Waals surface area contributed by atoms with Gasteiger partial charge in [-0.25, -0.2) is 4.39 Å². The summed E-state index contributed by atoms with van der Waals surface area (Å²) in [5.74, 6) is -0.176. The van der Waals surface area contributed by atoms with Crippen LogP contribution < -0.4 is 5.73 Å². The normalized spacial score (nSPS) is 20.4. The molecule has 0 spiro atoms. The van der Waals surface area contributed by atoms with E-state index in [2.05, 4.69) is 23.8 Å². The van der Waals surface area contributed by atoms with Gasteiger partial charge in [-0.15, -0.1) is 0 Å². The van der Waals surface area contributed by atoms with Gasteiger partial charge in [0.25, 0.3) is 0 Å². The highest BCUT2D eigenvalue weighted by Crippen LogP contribution is 2.28. The number of piperazine rings is 1. The molecule has 1 fully saturated rings. The van der Waals surface area contributed by atoms with Gasteiger partial charge in [-0.1, -0.05) is 38.0 Å². The second kappa shape index (κ2) is 7.34. The third-order valence-electron chi connectivity index (χ3n) is 4.49. The van der Waals surface area contributed by atoms with Crippen LogP contribution in [0.15, 0.2) is 24.3 Å². The second-order valence-corrected chi connectivity index (χ2v) is 6.32. The summed E-state index contributed by atoms with van der Waals surface area (Å²) in [4.78, 5) is 4.70. The van der Waals surface area contributed by atoms with Crippen LogP contribution in [0, 0.1) is 5.82 Å². The molecule has 0 aliphatic carbocycles. The molecule has 0 aromatic heterocycles. The minimum Gasteiger partial charge on any atom is -0.320 e. The fourth-order valence-corrected chi connectivity index (χ4v) is 3.06. The van der Waals surface area contributed by atoms with Crippen molar-refractivity contribution < 1.29 is 4.39 Å². The van der Waals surface area contributed by atoms with Gasteiger partial charge < -0.3 is 10.6 Å². The fraction of sp³-hybridized carbons (Fsp3) is 0.647. The van der Waals surface area contributed by atoms with Crippen LogP contribution in [0.25, 0.3) is 0 Å². The largest absolute Gasteiger partial charge is 0.320 e. The van der Waals surface area contributed by atoms with Crippen molar-refractivity contribution in [3.63, 3.8) is 0 Å². The molecule has 1 aromatic rings. The van der Waals surface area contributed by atoms with Gasteiger partial charge >= 0.3 is 0 Å². The van der Waals surface area contributed by atoms with Gasteiger partial charge in [-0.05, 0) is 19.5 Å². The average molecular weight is 293 g/mol. The number of halogens is 1. The highest BCUT2D eigenvalue weighted by atomic mass is 19.1. The SMILES string of the molecule is CCCCC(N)(CN1CCN(C)CC1)c1ccccc1F. The minimum absolute atomic E-state index is 0.176. The third kappa shape index (κ3) is 4.25. The predicted octanol–water partition coefficient (Wildman–Crippen LogP) is 2.42. The van der Waals surface area contributed by atoms with Gasteiger partial charge in [0.2, 0.25) is 0 Å². The highest BCUT2D eigenvalue weighted by Gasteiger charge is 2.32. The van der Waals surface area contributed by atoms with E-state index >= 15 is 0 Å². The van der Waals surface area contributed by atoms with Gasteiger partial charge in [-0.2, -0.15) is 0 Å². The van der Waals surface area contributed by atoms with E-state index in [4.69, 9.17) is 5.73 Å². The molecule has 3 nitrogen and oxygen atoms in total. The van der Waals surface area contributed by atoms with E-state index in [-0.39, 0.29) is 5.82 Å². The Hall–Kier alpha value is -0.970. The summed E-state index contributed by atoms with van der Waals surface area (Å²) in [7, 11) is 2.14. The number of rotatable bonds is 6. The zero-order valence-corrected chi connectivity index (χ0v) is 13.3. The van der Waals surface area contributed by atoms with E-state index in [0.29, 0.717) is 5.56 Å². The molecule has 1 saturated heterocycles. The van der Waals surface area contributed by atoms with Crippen LogP contribution in [-0.4, -0.2) is 49.6 Å². The number of likely N-dealkylation sites (N-methyl/N-ethyl adjacent to an activating group) is 1. The van der Waals surface area contributed by atoms with Crippen LogP contribution in [-0.2, 0) is 5.54 Å². The molecular weight excluding hydrogens is 265 g/mol. The molecule has 1 aliphatic heterocycles. The summed E-state index contributed by atoms with van der Waals surface area (Å²) in [5.41, 5.74) is 6.75. The Labute approximate surface area is 127 Å². The first-order valence-electron chi connectivity index (χ1n) is 8.00. The smallest absolute Gasteiger partial charge is 0.128 e. The number of nitrogens with two attached hydrogens (primary N) is 1. The van der Waals surface area contributed by atoms with Crippen LogP contribution in [0.3, 0.4) is 0 Å². The van der Waals surface area contributed by atoms with Gasteiger partial charge in [0.1, 0.15) is 5.82 Å². The fourth-order valence-electron chi connectivity index (χ4n) is 3.06. The minimum atomic E-state index is -0.586. The summed E-state index contributed by atoms with van der Waals surface area (Å²) >= 11 is 0. The van der Waals surface area contributed by atoms with E-state index in [1.807, 2.05) is 12.1 Å². The zero-order chi connectivity index (χ0) is 15.3. The maximum atomic E-state index is 14.2. The van der Waals surface area contributed by atoms with Crippen LogP contribution in [0.2, 0.25) is 0 Å². The molecule has 2 rings (SSSR count). The summed E-state index contributed by atoms with van der Waals surface area (Å²) in [6, 6.07) is 6.98. The highest BCUT2D eigenvalue weighted by molar-refractivity contribution is 5.26. The molecule has 1 aliphatic rings. The van der Waals surface area contributed by atoms with Crippen molar-refractivity contribution in [3.05, 3.63) is 35.6 Å². The molecule has 1 atom stereocenters. The first kappa shape index (κ1) is 16.4. The Kier molecular flexibility index (Phi) is 5.73. The topological polar surface area (TPSA) is 32.5 Å². The quantitative estimate of drug-likeness (QED) is 0.874. The lowest BCUT2D eigenvalue weighted by atomic mass is 9.84. The third-order valence-corrected chi connectivity index (χ3v) is 4.49.